The van der Waals surface area contributed by atoms with Crippen molar-refractivity contribution in [3.63, 3.8) is 0 Å². The van der Waals surface area contributed by atoms with Crippen molar-refractivity contribution in [1.29, 1.82) is 0 Å². The average molecular weight is 398 g/mol. The van der Waals surface area contributed by atoms with Crippen molar-refractivity contribution < 1.29 is 0 Å². The predicted octanol–water partition coefficient (Wildman–Crippen LogP) is 7.94. The molecule has 0 heterocycles. The van der Waals surface area contributed by atoms with Gasteiger partial charge in [0.15, 0.2) is 0 Å². The summed E-state index contributed by atoms with van der Waals surface area (Å²) in [5.74, 6) is 0. The molecule has 5 rings (SSSR count). The Morgan fingerprint density at radius 2 is 0.645 bits per heavy atom. The van der Waals surface area contributed by atoms with Crippen LogP contribution in [0.1, 0.15) is 0 Å². The highest BCUT2D eigenvalue weighted by molar-refractivity contribution is 5.90. The van der Waals surface area contributed by atoms with Crippen molar-refractivity contribution in [2.75, 3.05) is 5.73 Å². The van der Waals surface area contributed by atoms with E-state index in [-0.39, 0.29) is 0 Å². The first kappa shape index (κ1) is 18.9. The SMILES string of the molecule is Nc1cc(-c2ccccc2-c2ccccc2)cc(-c2ccccc2-c2ccccc2)c1. The maximum atomic E-state index is 6.41. The van der Waals surface area contributed by atoms with Crippen molar-refractivity contribution >= 4 is 5.69 Å². The van der Waals surface area contributed by atoms with Crippen molar-refractivity contribution in [1.82, 2.24) is 0 Å². The zero-order valence-corrected chi connectivity index (χ0v) is 17.2. The number of hydrogen-bond donors (Lipinski definition) is 1. The summed E-state index contributed by atoms with van der Waals surface area (Å²) in [6.07, 6.45) is 0. The van der Waals surface area contributed by atoms with Gasteiger partial charge in [0.2, 0.25) is 0 Å². The van der Waals surface area contributed by atoms with Gasteiger partial charge in [-0.3, -0.25) is 0 Å². The molecule has 5 aromatic carbocycles. The van der Waals surface area contributed by atoms with Crippen molar-refractivity contribution in [3.05, 3.63) is 127 Å². The molecule has 148 valence electrons. The molecule has 0 amide bonds. The van der Waals surface area contributed by atoms with Gasteiger partial charge in [-0.2, -0.15) is 0 Å². The largest absolute Gasteiger partial charge is 0.399 e. The van der Waals surface area contributed by atoms with Crippen LogP contribution in [-0.2, 0) is 0 Å². The first-order valence-electron chi connectivity index (χ1n) is 10.5. The Bertz CT molecular complexity index is 1220. The molecule has 31 heavy (non-hydrogen) atoms. The lowest BCUT2D eigenvalue weighted by Gasteiger charge is -2.15. The molecule has 0 spiro atoms. The van der Waals surface area contributed by atoms with E-state index in [0.29, 0.717) is 0 Å². The zero-order valence-electron chi connectivity index (χ0n) is 17.2. The van der Waals surface area contributed by atoms with E-state index in [0.717, 1.165) is 16.8 Å². The van der Waals surface area contributed by atoms with Crippen LogP contribution in [0.4, 0.5) is 5.69 Å². The molecule has 1 heteroatoms. The summed E-state index contributed by atoms with van der Waals surface area (Å²) in [4.78, 5) is 0. The Labute approximate surface area is 183 Å². The minimum atomic E-state index is 0.762. The van der Waals surface area contributed by atoms with Gasteiger partial charge in [-0.25, -0.2) is 0 Å². The molecule has 2 N–H and O–H groups in total. The van der Waals surface area contributed by atoms with Gasteiger partial charge in [0.1, 0.15) is 0 Å². The van der Waals surface area contributed by atoms with E-state index in [1.54, 1.807) is 0 Å². The van der Waals surface area contributed by atoms with Gasteiger partial charge in [-0.05, 0) is 62.7 Å². The van der Waals surface area contributed by atoms with E-state index in [1.165, 1.54) is 33.4 Å². The van der Waals surface area contributed by atoms with Crippen LogP contribution in [0.2, 0.25) is 0 Å². The minimum Gasteiger partial charge on any atom is -0.399 e. The Kier molecular flexibility index (Phi) is 5.08. The summed E-state index contributed by atoms with van der Waals surface area (Å²) in [5, 5.41) is 0. The smallest absolute Gasteiger partial charge is 0.0326 e. The summed E-state index contributed by atoms with van der Waals surface area (Å²) in [5.41, 5.74) is 16.6. The first-order valence-corrected chi connectivity index (χ1v) is 10.5. The number of nitrogen functional groups attached to an aromatic ring is 1. The average Bonchev–Trinajstić information content (AvgIpc) is 2.85. The standard InChI is InChI=1S/C30H23N/c31-26-20-24(29-17-9-7-15-27(29)22-11-3-1-4-12-22)19-25(21-26)30-18-10-8-16-28(30)23-13-5-2-6-14-23/h1-21H,31H2. The quantitative estimate of drug-likeness (QED) is 0.306. The van der Waals surface area contributed by atoms with Gasteiger partial charge < -0.3 is 5.73 Å². The Hall–Kier alpha value is -4.10. The lowest BCUT2D eigenvalue weighted by atomic mass is 9.90. The number of hydrogen-bond acceptors (Lipinski definition) is 1. The Balaban J connectivity index is 1.68. The van der Waals surface area contributed by atoms with Crippen LogP contribution in [0.25, 0.3) is 44.5 Å². The highest BCUT2D eigenvalue weighted by Gasteiger charge is 2.12. The minimum absolute atomic E-state index is 0.762. The molecule has 0 aliphatic carbocycles. The number of nitrogens with two attached hydrogens (primary N) is 1. The monoisotopic (exact) mass is 397 g/mol. The van der Waals surface area contributed by atoms with Crippen LogP contribution >= 0.6 is 0 Å². The first-order chi connectivity index (χ1) is 15.3. The van der Waals surface area contributed by atoms with Crippen LogP contribution in [0.3, 0.4) is 0 Å². The zero-order chi connectivity index (χ0) is 21.0. The van der Waals surface area contributed by atoms with E-state index < -0.39 is 0 Å². The molecular formula is C30H23N. The summed E-state index contributed by atoms with van der Waals surface area (Å²) in [6, 6.07) is 44.4. The number of anilines is 1. The lowest BCUT2D eigenvalue weighted by Crippen LogP contribution is -1.92. The van der Waals surface area contributed by atoms with Crippen LogP contribution in [-0.4, -0.2) is 0 Å². The molecule has 0 aliphatic heterocycles. The second-order valence-electron chi connectivity index (χ2n) is 7.67. The van der Waals surface area contributed by atoms with Crippen molar-refractivity contribution in [2.45, 2.75) is 0 Å². The van der Waals surface area contributed by atoms with Gasteiger partial charge in [-0.1, -0.05) is 109 Å². The third kappa shape index (κ3) is 3.86. The lowest BCUT2D eigenvalue weighted by molar-refractivity contribution is 1.55. The van der Waals surface area contributed by atoms with Gasteiger partial charge in [0.05, 0.1) is 0 Å². The Morgan fingerprint density at radius 1 is 0.323 bits per heavy atom. The fraction of sp³-hybridized carbons (Fsp3) is 0. The van der Waals surface area contributed by atoms with E-state index in [4.69, 9.17) is 5.73 Å². The molecule has 1 nitrogen and oxygen atoms in total. The van der Waals surface area contributed by atoms with Gasteiger partial charge in [0, 0.05) is 5.69 Å². The highest BCUT2D eigenvalue weighted by atomic mass is 14.5. The topological polar surface area (TPSA) is 26.0 Å². The van der Waals surface area contributed by atoms with E-state index >= 15 is 0 Å². The van der Waals surface area contributed by atoms with Crippen molar-refractivity contribution in [2.24, 2.45) is 0 Å². The van der Waals surface area contributed by atoms with Crippen molar-refractivity contribution in [3.8, 4) is 44.5 Å². The molecule has 0 aliphatic rings. The maximum Gasteiger partial charge on any atom is 0.0326 e. The summed E-state index contributed by atoms with van der Waals surface area (Å²) in [6.45, 7) is 0. The third-order valence-electron chi connectivity index (χ3n) is 5.60. The van der Waals surface area contributed by atoms with Crippen LogP contribution < -0.4 is 5.73 Å². The molecule has 5 aromatic rings. The summed E-state index contributed by atoms with van der Waals surface area (Å²) < 4.78 is 0. The van der Waals surface area contributed by atoms with E-state index in [1.807, 2.05) is 12.1 Å². The fourth-order valence-corrected chi connectivity index (χ4v) is 4.17. The molecule has 0 fully saturated rings. The summed E-state index contributed by atoms with van der Waals surface area (Å²) >= 11 is 0. The van der Waals surface area contributed by atoms with Gasteiger partial charge >= 0.3 is 0 Å². The molecule has 0 aromatic heterocycles. The Morgan fingerprint density at radius 3 is 1.03 bits per heavy atom. The summed E-state index contributed by atoms with van der Waals surface area (Å²) in [7, 11) is 0. The van der Waals surface area contributed by atoms with E-state index in [2.05, 4.69) is 115 Å². The molecular weight excluding hydrogens is 374 g/mol. The third-order valence-corrected chi connectivity index (χ3v) is 5.60. The van der Waals surface area contributed by atoms with Crippen LogP contribution in [0, 0.1) is 0 Å². The van der Waals surface area contributed by atoms with Gasteiger partial charge in [-0.15, -0.1) is 0 Å². The molecule has 0 bridgehead atoms. The van der Waals surface area contributed by atoms with Crippen LogP contribution in [0.15, 0.2) is 127 Å². The van der Waals surface area contributed by atoms with Crippen LogP contribution in [0.5, 0.6) is 0 Å². The fourth-order valence-electron chi connectivity index (χ4n) is 4.17. The molecule has 0 radical (unpaired) electrons. The van der Waals surface area contributed by atoms with E-state index in [9.17, 15) is 0 Å². The maximum absolute atomic E-state index is 6.41. The highest BCUT2D eigenvalue weighted by Crippen LogP contribution is 2.38. The second-order valence-corrected chi connectivity index (χ2v) is 7.67. The molecule has 0 atom stereocenters. The normalized spacial score (nSPS) is 10.7. The molecule has 0 unspecified atom stereocenters. The molecule has 0 saturated carbocycles. The van der Waals surface area contributed by atoms with Gasteiger partial charge in [0.25, 0.3) is 0 Å². The predicted molar refractivity (Wildman–Crippen MR) is 133 cm³/mol. The number of rotatable bonds is 4. The number of benzene rings is 5. The second kappa shape index (κ2) is 8.33. The molecule has 0 saturated heterocycles.